The van der Waals surface area contributed by atoms with Crippen molar-refractivity contribution in [1.82, 2.24) is 0 Å². The second-order valence-electron chi connectivity index (χ2n) is 5.93. The van der Waals surface area contributed by atoms with E-state index >= 15 is 0 Å². The number of hydrogen-bond donors (Lipinski definition) is 2. The minimum atomic E-state index is -0.568. The molecule has 0 amide bonds. The van der Waals surface area contributed by atoms with Crippen molar-refractivity contribution >= 4 is 0 Å². The standard InChI is InChI=1S/C15H30O2/c1-15(17)12-9-7-5-3-2-4-6-8-10-14(15)11-13-16/h14,16-17H,2-13H2,1H3. The van der Waals surface area contributed by atoms with E-state index < -0.39 is 5.60 Å². The molecule has 2 unspecified atom stereocenters. The van der Waals surface area contributed by atoms with Crippen LogP contribution >= 0.6 is 0 Å². The van der Waals surface area contributed by atoms with Crippen molar-refractivity contribution in [1.29, 1.82) is 0 Å². The first kappa shape index (κ1) is 15.0. The van der Waals surface area contributed by atoms with Crippen LogP contribution in [0.15, 0.2) is 0 Å². The summed E-state index contributed by atoms with van der Waals surface area (Å²) in [6.07, 6.45) is 13.0. The molecule has 0 aromatic rings. The van der Waals surface area contributed by atoms with Gasteiger partial charge < -0.3 is 10.2 Å². The van der Waals surface area contributed by atoms with Crippen LogP contribution in [0.1, 0.15) is 77.6 Å². The second-order valence-corrected chi connectivity index (χ2v) is 5.93. The molecular weight excluding hydrogens is 212 g/mol. The molecule has 1 rings (SSSR count). The van der Waals surface area contributed by atoms with Gasteiger partial charge in [-0.25, -0.2) is 0 Å². The molecule has 17 heavy (non-hydrogen) atoms. The van der Waals surface area contributed by atoms with Gasteiger partial charge in [0.2, 0.25) is 0 Å². The van der Waals surface area contributed by atoms with E-state index in [4.69, 9.17) is 5.11 Å². The Morgan fingerprint density at radius 3 is 2.06 bits per heavy atom. The van der Waals surface area contributed by atoms with Gasteiger partial charge in [0.15, 0.2) is 0 Å². The third-order valence-corrected chi connectivity index (χ3v) is 4.34. The van der Waals surface area contributed by atoms with E-state index in [1.807, 2.05) is 6.92 Å². The van der Waals surface area contributed by atoms with Gasteiger partial charge >= 0.3 is 0 Å². The summed E-state index contributed by atoms with van der Waals surface area (Å²) in [4.78, 5) is 0. The first-order chi connectivity index (χ1) is 8.17. The predicted octanol–water partition coefficient (Wildman–Crippen LogP) is 3.65. The summed E-state index contributed by atoms with van der Waals surface area (Å²) in [6.45, 7) is 2.18. The van der Waals surface area contributed by atoms with Gasteiger partial charge in [-0.2, -0.15) is 0 Å². The number of aliphatic hydroxyl groups excluding tert-OH is 1. The van der Waals surface area contributed by atoms with E-state index in [1.165, 1.54) is 44.9 Å². The monoisotopic (exact) mass is 242 g/mol. The van der Waals surface area contributed by atoms with Crippen LogP contribution in [0.4, 0.5) is 0 Å². The lowest BCUT2D eigenvalue weighted by Gasteiger charge is -2.33. The summed E-state index contributed by atoms with van der Waals surface area (Å²) in [7, 11) is 0. The van der Waals surface area contributed by atoms with Crippen molar-refractivity contribution in [3.8, 4) is 0 Å². The smallest absolute Gasteiger partial charge is 0.0648 e. The summed E-state index contributed by atoms with van der Waals surface area (Å²) in [5.74, 6) is 0.284. The summed E-state index contributed by atoms with van der Waals surface area (Å²) in [5.41, 5.74) is -0.568. The molecule has 1 fully saturated rings. The van der Waals surface area contributed by atoms with Crippen molar-refractivity contribution in [2.75, 3.05) is 6.61 Å². The van der Waals surface area contributed by atoms with Crippen molar-refractivity contribution in [2.45, 2.75) is 83.2 Å². The van der Waals surface area contributed by atoms with Gasteiger partial charge in [-0.05, 0) is 32.1 Å². The van der Waals surface area contributed by atoms with Crippen LogP contribution in [-0.4, -0.2) is 22.4 Å². The van der Waals surface area contributed by atoms with Crippen LogP contribution in [0, 0.1) is 5.92 Å². The SMILES string of the molecule is CC1(O)CCCCCCCCCCC1CCO. The fraction of sp³-hybridized carbons (Fsp3) is 1.00. The zero-order valence-electron chi connectivity index (χ0n) is 11.5. The Morgan fingerprint density at radius 2 is 1.47 bits per heavy atom. The lowest BCUT2D eigenvalue weighted by Crippen LogP contribution is -2.35. The molecule has 102 valence electrons. The van der Waals surface area contributed by atoms with Gasteiger partial charge in [0, 0.05) is 6.61 Å². The summed E-state index contributed by atoms with van der Waals surface area (Å²) in [5, 5.41) is 19.7. The first-order valence-corrected chi connectivity index (χ1v) is 7.50. The van der Waals surface area contributed by atoms with Gasteiger partial charge in [-0.1, -0.05) is 51.4 Å². The van der Waals surface area contributed by atoms with Crippen LogP contribution < -0.4 is 0 Å². The average Bonchev–Trinajstić information content (AvgIpc) is 2.28. The zero-order chi connectivity index (χ0) is 12.6. The highest BCUT2D eigenvalue weighted by molar-refractivity contribution is 4.82. The Bertz CT molecular complexity index is 189. The van der Waals surface area contributed by atoms with Crippen molar-refractivity contribution < 1.29 is 10.2 Å². The highest BCUT2D eigenvalue weighted by atomic mass is 16.3. The predicted molar refractivity (Wildman–Crippen MR) is 72.0 cm³/mol. The average molecular weight is 242 g/mol. The number of rotatable bonds is 2. The Morgan fingerprint density at radius 1 is 0.941 bits per heavy atom. The van der Waals surface area contributed by atoms with Crippen molar-refractivity contribution in [3.05, 3.63) is 0 Å². The summed E-state index contributed by atoms with van der Waals surface area (Å²) in [6, 6.07) is 0. The summed E-state index contributed by atoms with van der Waals surface area (Å²) >= 11 is 0. The molecule has 0 radical (unpaired) electrons. The van der Waals surface area contributed by atoms with Gasteiger partial charge in [0.05, 0.1) is 5.60 Å². The largest absolute Gasteiger partial charge is 0.396 e. The molecule has 1 aliphatic rings. The normalized spacial score (nSPS) is 33.7. The van der Waals surface area contributed by atoms with Crippen molar-refractivity contribution in [2.24, 2.45) is 5.92 Å². The zero-order valence-corrected chi connectivity index (χ0v) is 11.5. The molecule has 1 saturated carbocycles. The lowest BCUT2D eigenvalue weighted by molar-refractivity contribution is -0.0247. The lowest BCUT2D eigenvalue weighted by atomic mass is 9.79. The van der Waals surface area contributed by atoms with Gasteiger partial charge in [-0.15, -0.1) is 0 Å². The van der Waals surface area contributed by atoms with E-state index in [1.54, 1.807) is 0 Å². The molecule has 0 aromatic heterocycles. The maximum absolute atomic E-state index is 10.5. The van der Waals surface area contributed by atoms with Crippen LogP contribution in [-0.2, 0) is 0 Å². The van der Waals surface area contributed by atoms with E-state index in [2.05, 4.69) is 0 Å². The van der Waals surface area contributed by atoms with Crippen LogP contribution in [0.5, 0.6) is 0 Å². The fourth-order valence-electron chi connectivity index (χ4n) is 3.06. The van der Waals surface area contributed by atoms with Gasteiger partial charge in [-0.3, -0.25) is 0 Å². The van der Waals surface area contributed by atoms with E-state index in [0.29, 0.717) is 0 Å². The maximum Gasteiger partial charge on any atom is 0.0648 e. The fourth-order valence-corrected chi connectivity index (χ4v) is 3.06. The van der Waals surface area contributed by atoms with E-state index in [9.17, 15) is 5.11 Å². The highest BCUT2D eigenvalue weighted by Crippen LogP contribution is 2.31. The Kier molecular flexibility index (Phi) is 7.14. The number of aliphatic hydroxyl groups is 2. The van der Waals surface area contributed by atoms with Gasteiger partial charge in [0.1, 0.15) is 0 Å². The molecule has 0 bridgehead atoms. The Labute approximate surface area is 106 Å². The number of hydrogen-bond acceptors (Lipinski definition) is 2. The highest BCUT2D eigenvalue weighted by Gasteiger charge is 2.30. The van der Waals surface area contributed by atoms with E-state index in [0.717, 1.165) is 25.7 Å². The minimum absolute atomic E-state index is 0.209. The van der Waals surface area contributed by atoms with Crippen LogP contribution in [0.3, 0.4) is 0 Å². The minimum Gasteiger partial charge on any atom is -0.396 e. The Hall–Kier alpha value is -0.0800. The molecule has 0 aromatic carbocycles. The molecule has 0 aliphatic heterocycles. The first-order valence-electron chi connectivity index (χ1n) is 7.50. The molecule has 1 aliphatic carbocycles. The second kappa shape index (κ2) is 8.10. The topological polar surface area (TPSA) is 40.5 Å². The maximum atomic E-state index is 10.5. The molecule has 0 saturated heterocycles. The molecule has 2 nitrogen and oxygen atoms in total. The third-order valence-electron chi connectivity index (χ3n) is 4.34. The molecular formula is C15H30O2. The molecule has 2 heteroatoms. The van der Waals surface area contributed by atoms with Crippen LogP contribution in [0.2, 0.25) is 0 Å². The molecule has 0 spiro atoms. The summed E-state index contributed by atoms with van der Waals surface area (Å²) < 4.78 is 0. The molecule has 0 heterocycles. The molecule has 2 atom stereocenters. The van der Waals surface area contributed by atoms with E-state index in [-0.39, 0.29) is 12.5 Å². The van der Waals surface area contributed by atoms with Crippen LogP contribution in [0.25, 0.3) is 0 Å². The van der Waals surface area contributed by atoms with Crippen molar-refractivity contribution in [3.63, 3.8) is 0 Å². The molecule has 2 N–H and O–H groups in total. The third kappa shape index (κ3) is 5.87. The Balaban J connectivity index is 2.49. The quantitative estimate of drug-likeness (QED) is 0.776. The van der Waals surface area contributed by atoms with Gasteiger partial charge in [0.25, 0.3) is 0 Å².